The highest BCUT2D eigenvalue weighted by Gasteiger charge is 2.29. The van der Waals surface area contributed by atoms with Gasteiger partial charge < -0.3 is 9.80 Å². The monoisotopic (exact) mass is 572 g/mol. The average molecular weight is 573 g/mol. The van der Waals surface area contributed by atoms with Gasteiger partial charge in [0.1, 0.15) is 0 Å². The zero-order chi connectivity index (χ0) is 29.2. The van der Waals surface area contributed by atoms with Crippen molar-refractivity contribution in [3.05, 3.63) is 106 Å². The summed E-state index contributed by atoms with van der Waals surface area (Å²) < 4.78 is 0. The van der Waals surface area contributed by atoms with Gasteiger partial charge in [0.2, 0.25) is 0 Å². The van der Waals surface area contributed by atoms with E-state index < -0.39 is 0 Å². The zero-order valence-corrected chi connectivity index (χ0v) is 25.7. The van der Waals surface area contributed by atoms with Crippen LogP contribution in [0.15, 0.2) is 72.8 Å². The fourth-order valence-corrected chi connectivity index (χ4v) is 5.67. The predicted molar refractivity (Wildman–Crippen MR) is 170 cm³/mol. The molecule has 1 fully saturated rings. The third-order valence-electron chi connectivity index (χ3n) is 8.23. The molecule has 0 aliphatic carbocycles. The van der Waals surface area contributed by atoms with Crippen LogP contribution in [0.1, 0.15) is 96.7 Å². The molecule has 0 spiro atoms. The SMILES string of the molecule is CCCCCc1ccc(C(=O)N(Cc2ccc(C(=O)c3ccc(Cl)cc3)cc2)C2CCN(CCC(C)C)CC2)cc1. The highest BCUT2D eigenvalue weighted by Crippen LogP contribution is 2.24. The number of carbonyl (C=O) groups is 2. The maximum atomic E-state index is 14.0. The highest BCUT2D eigenvalue weighted by atomic mass is 35.5. The molecule has 0 atom stereocenters. The van der Waals surface area contributed by atoms with Crippen molar-refractivity contribution < 1.29 is 9.59 Å². The van der Waals surface area contributed by atoms with Gasteiger partial charge in [0.25, 0.3) is 5.91 Å². The molecule has 0 saturated carbocycles. The standard InChI is InChI=1S/C36H45ClN2O2/c1-4-5-6-7-28-8-14-32(15-9-28)36(41)39(34-21-24-38(25-22-34)23-20-27(2)3)26-29-10-12-30(13-11-29)35(40)31-16-18-33(37)19-17-31/h8-19,27,34H,4-7,20-26H2,1-3H3. The second-order valence-electron chi connectivity index (χ2n) is 11.9. The number of unbranched alkanes of at least 4 members (excludes halogenated alkanes) is 2. The Hall–Kier alpha value is -2.95. The van der Waals surface area contributed by atoms with Crippen molar-refractivity contribution in [3.63, 3.8) is 0 Å². The van der Waals surface area contributed by atoms with Gasteiger partial charge >= 0.3 is 0 Å². The second-order valence-corrected chi connectivity index (χ2v) is 12.3. The van der Waals surface area contributed by atoms with Gasteiger partial charge in [0, 0.05) is 47.4 Å². The molecule has 4 nitrogen and oxygen atoms in total. The first-order valence-corrected chi connectivity index (χ1v) is 15.7. The van der Waals surface area contributed by atoms with Crippen LogP contribution in [0.5, 0.6) is 0 Å². The first kappa shape index (κ1) is 31.0. The number of hydrogen-bond donors (Lipinski definition) is 0. The van der Waals surface area contributed by atoms with Crippen LogP contribution in [0.4, 0.5) is 0 Å². The van der Waals surface area contributed by atoms with Gasteiger partial charge in [-0.2, -0.15) is 0 Å². The van der Waals surface area contributed by atoms with Crippen molar-refractivity contribution in [2.45, 2.75) is 78.3 Å². The Bertz CT molecular complexity index is 1240. The molecule has 1 aliphatic rings. The Labute approximate surface area is 251 Å². The van der Waals surface area contributed by atoms with E-state index in [1.807, 2.05) is 36.4 Å². The first-order valence-electron chi connectivity index (χ1n) is 15.4. The normalized spacial score (nSPS) is 14.4. The summed E-state index contributed by atoms with van der Waals surface area (Å²) in [5.74, 6) is 0.756. The lowest BCUT2D eigenvalue weighted by Crippen LogP contribution is -2.47. The molecule has 1 amide bonds. The van der Waals surface area contributed by atoms with Crippen LogP contribution in [0.25, 0.3) is 0 Å². The van der Waals surface area contributed by atoms with E-state index in [-0.39, 0.29) is 17.7 Å². The van der Waals surface area contributed by atoms with E-state index in [4.69, 9.17) is 11.6 Å². The quantitative estimate of drug-likeness (QED) is 0.152. The maximum Gasteiger partial charge on any atom is 0.254 e. The molecule has 0 aromatic heterocycles. The largest absolute Gasteiger partial charge is 0.331 e. The van der Waals surface area contributed by atoms with Crippen molar-refractivity contribution in [2.24, 2.45) is 5.92 Å². The molecular formula is C36H45ClN2O2. The third-order valence-corrected chi connectivity index (χ3v) is 8.48. The summed E-state index contributed by atoms with van der Waals surface area (Å²) in [5, 5.41) is 0.610. The van der Waals surface area contributed by atoms with Crippen molar-refractivity contribution in [2.75, 3.05) is 19.6 Å². The van der Waals surface area contributed by atoms with E-state index >= 15 is 0 Å². The smallest absolute Gasteiger partial charge is 0.254 e. The fourth-order valence-electron chi connectivity index (χ4n) is 5.55. The lowest BCUT2D eigenvalue weighted by atomic mass is 9.98. The predicted octanol–water partition coefficient (Wildman–Crippen LogP) is 8.46. The summed E-state index contributed by atoms with van der Waals surface area (Å²) in [4.78, 5) is 31.5. The van der Waals surface area contributed by atoms with Crippen LogP contribution >= 0.6 is 11.6 Å². The topological polar surface area (TPSA) is 40.6 Å². The Balaban J connectivity index is 1.48. The summed E-state index contributed by atoms with van der Waals surface area (Å²) in [6.07, 6.45) is 7.84. The minimum absolute atomic E-state index is 0.0334. The minimum atomic E-state index is -0.0334. The lowest BCUT2D eigenvalue weighted by Gasteiger charge is -2.39. The Morgan fingerprint density at radius 2 is 1.39 bits per heavy atom. The van der Waals surface area contributed by atoms with Crippen LogP contribution in [0.3, 0.4) is 0 Å². The molecule has 3 aromatic carbocycles. The Kier molecular flexibility index (Phi) is 11.6. The van der Waals surface area contributed by atoms with Crippen molar-refractivity contribution in [3.8, 4) is 0 Å². The van der Waals surface area contributed by atoms with Crippen LogP contribution in [-0.4, -0.2) is 47.2 Å². The number of aryl methyl sites for hydroxylation is 1. The van der Waals surface area contributed by atoms with E-state index in [1.165, 1.54) is 31.2 Å². The number of likely N-dealkylation sites (tertiary alicyclic amines) is 1. The van der Waals surface area contributed by atoms with E-state index in [2.05, 4.69) is 42.7 Å². The number of benzene rings is 3. The van der Waals surface area contributed by atoms with Gasteiger partial charge in [-0.3, -0.25) is 9.59 Å². The molecule has 0 N–H and O–H groups in total. The molecule has 1 aliphatic heterocycles. The number of nitrogens with zero attached hydrogens (tertiary/aromatic N) is 2. The number of rotatable bonds is 13. The van der Waals surface area contributed by atoms with E-state index in [0.717, 1.165) is 50.0 Å². The van der Waals surface area contributed by atoms with Crippen LogP contribution in [-0.2, 0) is 13.0 Å². The molecular weight excluding hydrogens is 528 g/mol. The zero-order valence-electron chi connectivity index (χ0n) is 24.9. The molecule has 218 valence electrons. The Morgan fingerprint density at radius 3 is 1.98 bits per heavy atom. The van der Waals surface area contributed by atoms with Gasteiger partial charge in [-0.25, -0.2) is 0 Å². The van der Waals surface area contributed by atoms with Crippen molar-refractivity contribution in [1.29, 1.82) is 0 Å². The molecule has 5 heteroatoms. The first-order chi connectivity index (χ1) is 19.8. The molecule has 0 bridgehead atoms. The van der Waals surface area contributed by atoms with Gasteiger partial charge in [0.05, 0.1) is 0 Å². The molecule has 1 heterocycles. The van der Waals surface area contributed by atoms with Crippen molar-refractivity contribution >= 4 is 23.3 Å². The van der Waals surface area contributed by atoms with E-state index in [9.17, 15) is 9.59 Å². The lowest BCUT2D eigenvalue weighted by molar-refractivity contribution is 0.0546. The van der Waals surface area contributed by atoms with E-state index in [1.54, 1.807) is 24.3 Å². The number of hydrogen-bond acceptors (Lipinski definition) is 3. The van der Waals surface area contributed by atoms with Crippen LogP contribution in [0.2, 0.25) is 5.02 Å². The molecule has 3 aromatic rings. The van der Waals surface area contributed by atoms with Crippen LogP contribution in [0, 0.1) is 5.92 Å². The van der Waals surface area contributed by atoms with Gasteiger partial charge in [-0.1, -0.05) is 81.6 Å². The number of ketones is 1. The fraction of sp³-hybridized carbons (Fsp3) is 0.444. The molecule has 1 saturated heterocycles. The summed E-state index contributed by atoms with van der Waals surface area (Å²) in [5.41, 5.74) is 4.32. The average Bonchev–Trinajstić information content (AvgIpc) is 3.00. The summed E-state index contributed by atoms with van der Waals surface area (Å²) >= 11 is 5.99. The van der Waals surface area contributed by atoms with Gasteiger partial charge in [-0.15, -0.1) is 0 Å². The van der Waals surface area contributed by atoms with Crippen molar-refractivity contribution in [1.82, 2.24) is 9.80 Å². The number of carbonyl (C=O) groups excluding carboxylic acids is 2. The molecule has 0 radical (unpaired) electrons. The summed E-state index contributed by atoms with van der Waals surface area (Å²) in [6, 6.07) is 23.1. The molecule has 41 heavy (non-hydrogen) atoms. The Morgan fingerprint density at radius 1 is 0.829 bits per heavy atom. The highest BCUT2D eigenvalue weighted by molar-refractivity contribution is 6.30. The second kappa shape index (κ2) is 15.3. The van der Waals surface area contributed by atoms with Gasteiger partial charge in [-0.05, 0) is 92.1 Å². The van der Waals surface area contributed by atoms with E-state index in [0.29, 0.717) is 28.6 Å². The van der Waals surface area contributed by atoms with Gasteiger partial charge in [0.15, 0.2) is 5.78 Å². The summed E-state index contributed by atoms with van der Waals surface area (Å²) in [7, 11) is 0. The number of halogens is 1. The number of amides is 1. The maximum absolute atomic E-state index is 14.0. The van der Waals surface area contributed by atoms with Crippen LogP contribution < -0.4 is 0 Å². The third kappa shape index (κ3) is 9.02. The molecule has 0 unspecified atom stereocenters. The summed E-state index contributed by atoms with van der Waals surface area (Å²) in [6.45, 7) is 10.5. The molecule has 4 rings (SSSR count). The minimum Gasteiger partial charge on any atom is -0.331 e. The number of piperidine rings is 1.